The molecule has 0 aromatic carbocycles. The molecule has 2 heterocycles. The molecule has 0 saturated carbocycles. The van der Waals surface area contributed by atoms with Crippen LogP contribution >= 0.6 is 0 Å². The first-order valence-corrected chi connectivity index (χ1v) is 6.86. The highest BCUT2D eigenvalue weighted by molar-refractivity contribution is 5.73. The Balaban J connectivity index is 1.82. The van der Waals surface area contributed by atoms with Crippen molar-refractivity contribution in [3.05, 3.63) is 0 Å². The molecule has 0 amide bonds. The van der Waals surface area contributed by atoms with Crippen LogP contribution in [-0.4, -0.2) is 59.6 Å². The summed E-state index contributed by atoms with van der Waals surface area (Å²) in [6.07, 6.45) is 4.57. The molecule has 2 rings (SSSR count). The van der Waals surface area contributed by atoms with Crippen LogP contribution in [-0.2, 0) is 4.79 Å². The molecule has 0 aromatic heterocycles. The van der Waals surface area contributed by atoms with E-state index in [4.69, 9.17) is 0 Å². The van der Waals surface area contributed by atoms with E-state index < -0.39 is 5.97 Å². The summed E-state index contributed by atoms with van der Waals surface area (Å²) in [5.41, 5.74) is 0. The number of rotatable bonds is 4. The summed E-state index contributed by atoms with van der Waals surface area (Å²) < 4.78 is 0. The van der Waals surface area contributed by atoms with Gasteiger partial charge in [-0.1, -0.05) is 6.92 Å². The van der Waals surface area contributed by atoms with Gasteiger partial charge in [-0.05, 0) is 51.2 Å². The standard InChI is InChI=1S/C13H24N2O2/c1-11-4-7-15(12(10-11)13(16)17)9-8-14-5-2-3-6-14/h11-12H,2-10H2,1H3,(H,16,17). The van der Waals surface area contributed by atoms with Crippen molar-refractivity contribution in [2.75, 3.05) is 32.7 Å². The summed E-state index contributed by atoms with van der Waals surface area (Å²) in [5, 5.41) is 9.26. The number of carboxylic acid groups (broad SMARTS) is 1. The topological polar surface area (TPSA) is 43.8 Å². The molecule has 4 nitrogen and oxygen atoms in total. The van der Waals surface area contributed by atoms with Crippen LogP contribution in [0.25, 0.3) is 0 Å². The summed E-state index contributed by atoms with van der Waals surface area (Å²) in [7, 11) is 0. The van der Waals surface area contributed by atoms with Gasteiger partial charge in [-0.2, -0.15) is 0 Å². The van der Waals surface area contributed by atoms with Crippen molar-refractivity contribution in [3.8, 4) is 0 Å². The van der Waals surface area contributed by atoms with Gasteiger partial charge in [0.15, 0.2) is 0 Å². The van der Waals surface area contributed by atoms with Crippen LogP contribution in [0.3, 0.4) is 0 Å². The van der Waals surface area contributed by atoms with E-state index in [-0.39, 0.29) is 6.04 Å². The van der Waals surface area contributed by atoms with Crippen molar-refractivity contribution in [1.82, 2.24) is 9.80 Å². The lowest BCUT2D eigenvalue weighted by atomic mass is 9.92. The van der Waals surface area contributed by atoms with Crippen LogP contribution in [0.1, 0.15) is 32.6 Å². The van der Waals surface area contributed by atoms with Crippen LogP contribution in [0.2, 0.25) is 0 Å². The average Bonchev–Trinajstić information content (AvgIpc) is 2.80. The molecule has 2 saturated heterocycles. The second-order valence-electron chi connectivity index (χ2n) is 5.57. The summed E-state index contributed by atoms with van der Waals surface area (Å²) in [6, 6.07) is -0.249. The van der Waals surface area contributed by atoms with Gasteiger partial charge in [-0.3, -0.25) is 9.69 Å². The zero-order valence-corrected chi connectivity index (χ0v) is 10.8. The number of nitrogens with zero attached hydrogens (tertiary/aromatic N) is 2. The monoisotopic (exact) mass is 240 g/mol. The van der Waals surface area contributed by atoms with Crippen LogP contribution < -0.4 is 0 Å². The predicted octanol–water partition coefficient (Wildman–Crippen LogP) is 1.27. The van der Waals surface area contributed by atoms with Crippen LogP contribution in [0, 0.1) is 5.92 Å². The number of piperidine rings is 1. The smallest absolute Gasteiger partial charge is 0.320 e. The fourth-order valence-electron chi connectivity index (χ4n) is 2.99. The summed E-state index contributed by atoms with van der Waals surface area (Å²) in [6.45, 7) is 7.46. The molecule has 1 N–H and O–H groups in total. The zero-order chi connectivity index (χ0) is 12.3. The molecule has 2 atom stereocenters. The van der Waals surface area contributed by atoms with Gasteiger partial charge in [0.05, 0.1) is 0 Å². The molecule has 0 radical (unpaired) electrons. The lowest BCUT2D eigenvalue weighted by Gasteiger charge is -2.36. The highest BCUT2D eigenvalue weighted by atomic mass is 16.4. The summed E-state index contributed by atoms with van der Waals surface area (Å²) in [5.74, 6) is -0.0860. The fourth-order valence-corrected chi connectivity index (χ4v) is 2.99. The SMILES string of the molecule is CC1CCN(CCN2CCCC2)C(C(=O)O)C1. The maximum absolute atomic E-state index is 11.3. The maximum Gasteiger partial charge on any atom is 0.320 e. The van der Waals surface area contributed by atoms with Gasteiger partial charge in [0, 0.05) is 13.1 Å². The van der Waals surface area contributed by atoms with Crippen LogP contribution in [0.5, 0.6) is 0 Å². The van der Waals surface area contributed by atoms with Gasteiger partial charge in [-0.25, -0.2) is 0 Å². The Hall–Kier alpha value is -0.610. The first-order chi connectivity index (χ1) is 8.16. The van der Waals surface area contributed by atoms with Crippen molar-refractivity contribution in [2.24, 2.45) is 5.92 Å². The minimum absolute atomic E-state index is 0.249. The van der Waals surface area contributed by atoms with Crippen LogP contribution in [0.15, 0.2) is 0 Å². The molecule has 98 valence electrons. The third-order valence-electron chi connectivity index (χ3n) is 4.16. The number of aliphatic carboxylic acids is 1. The molecule has 2 aliphatic rings. The summed E-state index contributed by atoms with van der Waals surface area (Å²) in [4.78, 5) is 15.9. The molecule has 0 spiro atoms. The summed E-state index contributed by atoms with van der Waals surface area (Å²) >= 11 is 0. The van der Waals surface area contributed by atoms with E-state index in [1.165, 1.54) is 25.9 Å². The van der Waals surface area contributed by atoms with Crippen molar-refractivity contribution >= 4 is 5.97 Å². The van der Waals surface area contributed by atoms with Crippen LogP contribution in [0.4, 0.5) is 0 Å². The van der Waals surface area contributed by atoms with E-state index in [2.05, 4.69) is 16.7 Å². The van der Waals surface area contributed by atoms with Crippen molar-refractivity contribution < 1.29 is 9.90 Å². The number of likely N-dealkylation sites (tertiary alicyclic amines) is 2. The van der Waals surface area contributed by atoms with E-state index in [0.717, 1.165) is 32.5 Å². The average molecular weight is 240 g/mol. The molecular formula is C13H24N2O2. The molecular weight excluding hydrogens is 216 g/mol. The highest BCUT2D eigenvalue weighted by Gasteiger charge is 2.31. The first-order valence-electron chi connectivity index (χ1n) is 6.86. The lowest BCUT2D eigenvalue weighted by molar-refractivity contribution is -0.145. The van der Waals surface area contributed by atoms with Gasteiger partial charge >= 0.3 is 5.97 Å². The highest BCUT2D eigenvalue weighted by Crippen LogP contribution is 2.22. The largest absolute Gasteiger partial charge is 0.480 e. The van der Waals surface area contributed by atoms with Gasteiger partial charge in [0.25, 0.3) is 0 Å². The Labute approximate surface area is 104 Å². The van der Waals surface area contributed by atoms with E-state index in [1.807, 2.05) is 0 Å². The molecule has 17 heavy (non-hydrogen) atoms. The van der Waals surface area contributed by atoms with E-state index >= 15 is 0 Å². The van der Waals surface area contributed by atoms with E-state index in [9.17, 15) is 9.90 Å². The normalized spacial score (nSPS) is 31.8. The molecule has 0 aromatic rings. The Kier molecular flexibility index (Phi) is 4.40. The fraction of sp³-hybridized carbons (Fsp3) is 0.923. The molecule has 2 fully saturated rings. The number of hydrogen-bond donors (Lipinski definition) is 1. The van der Waals surface area contributed by atoms with Gasteiger partial charge in [0.2, 0.25) is 0 Å². The number of carboxylic acids is 1. The molecule has 0 bridgehead atoms. The minimum atomic E-state index is -0.641. The van der Waals surface area contributed by atoms with Gasteiger partial charge in [-0.15, -0.1) is 0 Å². The molecule has 4 heteroatoms. The third kappa shape index (κ3) is 3.42. The van der Waals surface area contributed by atoms with Crippen molar-refractivity contribution in [2.45, 2.75) is 38.6 Å². The van der Waals surface area contributed by atoms with E-state index in [1.54, 1.807) is 0 Å². The Morgan fingerprint density at radius 1 is 1.24 bits per heavy atom. The predicted molar refractivity (Wildman–Crippen MR) is 67.1 cm³/mol. The Morgan fingerprint density at radius 3 is 2.59 bits per heavy atom. The second-order valence-corrected chi connectivity index (χ2v) is 5.57. The quantitative estimate of drug-likeness (QED) is 0.803. The van der Waals surface area contributed by atoms with Crippen molar-refractivity contribution in [3.63, 3.8) is 0 Å². The number of hydrogen-bond acceptors (Lipinski definition) is 3. The lowest BCUT2D eigenvalue weighted by Crippen LogP contribution is -2.49. The minimum Gasteiger partial charge on any atom is -0.480 e. The zero-order valence-electron chi connectivity index (χ0n) is 10.8. The van der Waals surface area contributed by atoms with Gasteiger partial charge < -0.3 is 10.0 Å². The first kappa shape index (κ1) is 12.8. The second kappa shape index (κ2) is 5.83. The van der Waals surface area contributed by atoms with Gasteiger partial charge in [0.1, 0.15) is 6.04 Å². The molecule has 2 unspecified atom stereocenters. The Bertz CT molecular complexity index is 264. The Morgan fingerprint density at radius 2 is 1.94 bits per heavy atom. The number of carbonyl (C=O) groups is 1. The molecule has 2 aliphatic heterocycles. The third-order valence-corrected chi connectivity index (χ3v) is 4.16. The maximum atomic E-state index is 11.3. The van der Waals surface area contributed by atoms with Crippen molar-refractivity contribution in [1.29, 1.82) is 0 Å². The van der Waals surface area contributed by atoms with E-state index in [0.29, 0.717) is 5.92 Å². The molecule has 0 aliphatic carbocycles.